The Morgan fingerprint density at radius 1 is 0.900 bits per heavy atom. The standard InChI is InChI=1S/C23H20Cl3FN2S/c1-15-12-18(25)6-9-22(15)29-11-10-28(30-19-7-8-21(27)20(26)13-19)14-23(29)16-2-4-17(24)5-3-16/h2-9,12-13,23H,10-11,14H2,1H3. The molecule has 1 atom stereocenters. The largest absolute Gasteiger partial charge is 0.362 e. The lowest BCUT2D eigenvalue weighted by Crippen LogP contribution is -2.46. The number of anilines is 1. The van der Waals surface area contributed by atoms with Gasteiger partial charge in [-0.25, -0.2) is 8.70 Å². The molecule has 156 valence electrons. The van der Waals surface area contributed by atoms with E-state index in [-0.39, 0.29) is 11.1 Å². The Bertz CT molecular complexity index is 1050. The number of rotatable bonds is 4. The Hall–Kier alpha value is -1.43. The molecule has 7 heteroatoms. The lowest BCUT2D eigenvalue weighted by atomic mass is 10.0. The van der Waals surface area contributed by atoms with Crippen LogP contribution in [0.25, 0.3) is 0 Å². The predicted octanol–water partition coefficient (Wildman–Crippen LogP) is 7.66. The van der Waals surface area contributed by atoms with E-state index in [1.54, 1.807) is 24.1 Å². The average molecular weight is 482 g/mol. The van der Waals surface area contributed by atoms with Crippen LogP contribution >= 0.6 is 46.8 Å². The highest BCUT2D eigenvalue weighted by Gasteiger charge is 2.30. The summed E-state index contributed by atoms with van der Waals surface area (Å²) in [5, 5.41) is 1.60. The fourth-order valence-corrected chi connectivity index (χ4v) is 5.31. The van der Waals surface area contributed by atoms with Gasteiger partial charge in [0, 0.05) is 40.3 Å². The maximum Gasteiger partial charge on any atom is 0.141 e. The lowest BCUT2D eigenvalue weighted by molar-refractivity contribution is 0.365. The summed E-state index contributed by atoms with van der Waals surface area (Å²) in [7, 11) is 0. The zero-order valence-electron chi connectivity index (χ0n) is 16.3. The van der Waals surface area contributed by atoms with Crippen LogP contribution in [0.2, 0.25) is 15.1 Å². The third-order valence-electron chi connectivity index (χ3n) is 5.19. The van der Waals surface area contributed by atoms with Crippen molar-refractivity contribution < 1.29 is 4.39 Å². The van der Waals surface area contributed by atoms with Crippen molar-refractivity contribution in [3.63, 3.8) is 0 Å². The zero-order chi connectivity index (χ0) is 21.3. The van der Waals surface area contributed by atoms with Crippen LogP contribution < -0.4 is 4.90 Å². The van der Waals surface area contributed by atoms with E-state index in [0.717, 1.165) is 40.1 Å². The normalized spacial score (nSPS) is 17.4. The molecule has 0 amide bonds. The summed E-state index contributed by atoms with van der Waals surface area (Å²) in [4.78, 5) is 3.34. The highest BCUT2D eigenvalue weighted by Crippen LogP contribution is 2.37. The Kier molecular flexibility index (Phi) is 6.81. The number of benzene rings is 3. The molecule has 0 aliphatic carbocycles. The van der Waals surface area contributed by atoms with E-state index in [4.69, 9.17) is 34.8 Å². The van der Waals surface area contributed by atoms with Crippen molar-refractivity contribution in [1.82, 2.24) is 4.31 Å². The summed E-state index contributed by atoms with van der Waals surface area (Å²) in [5.41, 5.74) is 3.51. The second-order valence-electron chi connectivity index (χ2n) is 7.25. The first-order valence-electron chi connectivity index (χ1n) is 9.57. The number of halogens is 4. The van der Waals surface area contributed by atoms with Crippen molar-refractivity contribution in [3.05, 3.63) is 92.7 Å². The Morgan fingerprint density at radius 2 is 1.63 bits per heavy atom. The van der Waals surface area contributed by atoms with E-state index >= 15 is 0 Å². The van der Waals surface area contributed by atoms with Crippen LogP contribution in [-0.4, -0.2) is 23.9 Å². The minimum Gasteiger partial charge on any atom is -0.362 e. The second-order valence-corrected chi connectivity index (χ2v) is 9.70. The molecular weight excluding hydrogens is 462 g/mol. The van der Waals surface area contributed by atoms with Gasteiger partial charge < -0.3 is 4.90 Å². The molecule has 2 nitrogen and oxygen atoms in total. The van der Waals surface area contributed by atoms with Gasteiger partial charge in [0.2, 0.25) is 0 Å². The van der Waals surface area contributed by atoms with Crippen molar-refractivity contribution in [3.8, 4) is 0 Å². The summed E-state index contributed by atoms with van der Waals surface area (Å²) in [6.45, 7) is 4.58. The van der Waals surface area contributed by atoms with E-state index in [9.17, 15) is 4.39 Å². The minimum absolute atomic E-state index is 0.138. The van der Waals surface area contributed by atoms with Crippen LogP contribution in [-0.2, 0) is 0 Å². The summed E-state index contributed by atoms with van der Waals surface area (Å²) < 4.78 is 15.8. The summed E-state index contributed by atoms with van der Waals surface area (Å²) in [6, 6.07) is 19.0. The number of hydrogen-bond acceptors (Lipinski definition) is 3. The van der Waals surface area contributed by atoms with Gasteiger partial charge in [-0.1, -0.05) is 46.9 Å². The smallest absolute Gasteiger partial charge is 0.141 e. The van der Waals surface area contributed by atoms with Crippen LogP contribution in [0.15, 0.2) is 65.6 Å². The van der Waals surface area contributed by atoms with Gasteiger partial charge in [-0.2, -0.15) is 0 Å². The monoisotopic (exact) mass is 480 g/mol. The Labute approximate surface area is 195 Å². The van der Waals surface area contributed by atoms with Gasteiger partial charge in [0.25, 0.3) is 0 Å². The molecule has 0 aromatic heterocycles. The molecule has 1 unspecified atom stereocenters. The molecule has 1 fully saturated rings. The fraction of sp³-hybridized carbons (Fsp3) is 0.217. The van der Waals surface area contributed by atoms with Crippen LogP contribution in [0, 0.1) is 12.7 Å². The molecule has 30 heavy (non-hydrogen) atoms. The molecule has 1 heterocycles. The Balaban J connectivity index is 1.62. The molecule has 0 radical (unpaired) electrons. The summed E-state index contributed by atoms with van der Waals surface area (Å²) >= 11 is 19.9. The van der Waals surface area contributed by atoms with Gasteiger partial charge in [0.05, 0.1) is 11.1 Å². The summed E-state index contributed by atoms with van der Waals surface area (Å²) in [6.07, 6.45) is 0. The van der Waals surface area contributed by atoms with E-state index in [1.807, 2.05) is 24.3 Å². The van der Waals surface area contributed by atoms with Gasteiger partial charge in [-0.3, -0.25) is 0 Å². The number of aryl methyl sites for hydroxylation is 1. The van der Waals surface area contributed by atoms with Crippen molar-refractivity contribution in [1.29, 1.82) is 0 Å². The van der Waals surface area contributed by atoms with Gasteiger partial charge in [0.1, 0.15) is 5.82 Å². The van der Waals surface area contributed by atoms with Gasteiger partial charge in [0.15, 0.2) is 0 Å². The van der Waals surface area contributed by atoms with Crippen molar-refractivity contribution in [2.45, 2.75) is 17.9 Å². The molecule has 0 N–H and O–H groups in total. The molecule has 1 saturated heterocycles. The third-order valence-corrected chi connectivity index (χ3v) is 7.02. The van der Waals surface area contributed by atoms with Gasteiger partial charge in [-0.05, 0) is 78.5 Å². The quantitative estimate of drug-likeness (QED) is 0.353. The molecule has 3 aromatic carbocycles. The summed E-state index contributed by atoms with van der Waals surface area (Å²) in [5.74, 6) is -0.400. The number of nitrogens with zero attached hydrogens (tertiary/aromatic N) is 2. The highest BCUT2D eigenvalue weighted by molar-refractivity contribution is 7.97. The highest BCUT2D eigenvalue weighted by atomic mass is 35.5. The van der Waals surface area contributed by atoms with Crippen LogP contribution in [0.1, 0.15) is 17.2 Å². The predicted molar refractivity (Wildman–Crippen MR) is 127 cm³/mol. The molecule has 0 bridgehead atoms. The minimum atomic E-state index is -0.400. The van der Waals surface area contributed by atoms with Crippen molar-refractivity contribution >= 4 is 52.4 Å². The first-order chi connectivity index (χ1) is 14.4. The molecule has 1 aliphatic rings. The molecule has 4 rings (SSSR count). The van der Waals surface area contributed by atoms with Crippen LogP contribution in [0.4, 0.5) is 10.1 Å². The first kappa shape index (κ1) is 21.8. The fourth-order valence-electron chi connectivity index (χ4n) is 3.72. The molecule has 0 saturated carbocycles. The van der Waals surface area contributed by atoms with Crippen molar-refractivity contribution in [2.24, 2.45) is 0 Å². The first-order valence-corrected chi connectivity index (χ1v) is 11.5. The lowest BCUT2D eigenvalue weighted by Gasteiger charge is -2.43. The average Bonchev–Trinajstić information content (AvgIpc) is 2.72. The maximum atomic E-state index is 13.5. The SMILES string of the molecule is Cc1cc(Cl)ccc1N1CCN(Sc2ccc(F)c(Cl)c2)CC1c1ccc(Cl)cc1. The number of piperazine rings is 1. The maximum absolute atomic E-state index is 13.5. The van der Waals surface area contributed by atoms with E-state index in [0.29, 0.717) is 0 Å². The van der Waals surface area contributed by atoms with Crippen molar-refractivity contribution in [2.75, 3.05) is 24.5 Å². The molecule has 1 aliphatic heterocycles. The number of hydrogen-bond donors (Lipinski definition) is 0. The molecule has 0 spiro atoms. The van der Waals surface area contributed by atoms with E-state index in [2.05, 4.69) is 34.3 Å². The van der Waals surface area contributed by atoms with Crippen LogP contribution in [0.3, 0.4) is 0 Å². The second kappa shape index (κ2) is 9.37. The van der Waals surface area contributed by atoms with E-state index < -0.39 is 5.82 Å². The topological polar surface area (TPSA) is 6.48 Å². The van der Waals surface area contributed by atoms with Crippen LogP contribution in [0.5, 0.6) is 0 Å². The van der Waals surface area contributed by atoms with Gasteiger partial charge in [-0.15, -0.1) is 0 Å². The van der Waals surface area contributed by atoms with E-state index in [1.165, 1.54) is 17.3 Å². The zero-order valence-corrected chi connectivity index (χ0v) is 19.4. The third kappa shape index (κ3) is 4.90. The van der Waals surface area contributed by atoms with Gasteiger partial charge >= 0.3 is 0 Å². The Morgan fingerprint density at radius 3 is 2.33 bits per heavy atom. The molecule has 3 aromatic rings. The molecular formula is C23H20Cl3FN2S.